The summed E-state index contributed by atoms with van der Waals surface area (Å²) in [6.07, 6.45) is 1.35. The van der Waals surface area contributed by atoms with Crippen LogP contribution in [0, 0.1) is 11.8 Å². The van der Waals surface area contributed by atoms with Crippen molar-refractivity contribution in [3.63, 3.8) is 0 Å². The Kier molecular flexibility index (Phi) is 3.48. The number of carbonyl (C=O) groups excluding carboxylic acids is 1. The number of hydrogen-bond donors (Lipinski definition) is 1. The third kappa shape index (κ3) is 2.66. The van der Waals surface area contributed by atoms with Crippen molar-refractivity contribution >= 4 is 22.0 Å². The van der Waals surface area contributed by atoms with Crippen molar-refractivity contribution in [3.8, 4) is 0 Å². The molecule has 2 fully saturated rings. The van der Waals surface area contributed by atoms with Gasteiger partial charge >= 0.3 is 6.09 Å². The van der Waals surface area contributed by atoms with Crippen LogP contribution in [0.2, 0.25) is 0 Å². The molecule has 1 aliphatic carbocycles. The van der Waals surface area contributed by atoms with Gasteiger partial charge in [-0.05, 0) is 48.8 Å². The smallest absolute Gasteiger partial charge is 0.408 e. The van der Waals surface area contributed by atoms with E-state index in [9.17, 15) is 4.79 Å². The number of nitrogens with zero attached hydrogens (tertiary/aromatic N) is 1. The van der Waals surface area contributed by atoms with E-state index >= 15 is 0 Å². The molecule has 2 heterocycles. The summed E-state index contributed by atoms with van der Waals surface area (Å²) in [5, 5.41) is 3.04. The number of halogens is 1. The predicted octanol–water partition coefficient (Wildman–Crippen LogP) is 2.84. The molecule has 0 bridgehead atoms. The van der Waals surface area contributed by atoms with Crippen molar-refractivity contribution in [1.82, 2.24) is 10.3 Å². The van der Waals surface area contributed by atoms with Gasteiger partial charge in [-0.3, -0.25) is 4.98 Å². The lowest BCUT2D eigenvalue weighted by molar-refractivity contribution is 0.0447. The Labute approximate surface area is 132 Å². The highest BCUT2D eigenvalue weighted by atomic mass is 79.9. The van der Waals surface area contributed by atoms with E-state index in [1.165, 1.54) is 0 Å². The Morgan fingerprint density at radius 1 is 1.43 bits per heavy atom. The SMILES string of the molecule is CC(C)(C)OC(=O)N[C@@]1(c2ccc(Br)cn2)[C@@H]2COC[C@@H]21. The standard InChI is InChI=1S/C15H19BrN2O3/c1-14(2,3)21-13(19)18-15(10-7-20-8-11(10)15)12-5-4-9(16)6-17-12/h4-6,10-11H,7-8H2,1-3H3,(H,18,19)/t10-,11+,15+. The maximum Gasteiger partial charge on any atom is 0.408 e. The van der Waals surface area contributed by atoms with Crippen molar-refractivity contribution in [2.75, 3.05) is 13.2 Å². The van der Waals surface area contributed by atoms with Gasteiger partial charge in [-0.25, -0.2) is 4.79 Å². The minimum Gasteiger partial charge on any atom is -0.444 e. The molecule has 6 heteroatoms. The summed E-state index contributed by atoms with van der Waals surface area (Å²) < 4.78 is 11.8. The van der Waals surface area contributed by atoms with Crippen LogP contribution in [0.5, 0.6) is 0 Å². The van der Waals surface area contributed by atoms with Gasteiger partial charge in [-0.1, -0.05) is 0 Å². The molecule has 1 aromatic rings. The molecule has 3 atom stereocenters. The number of aromatic nitrogens is 1. The van der Waals surface area contributed by atoms with Crippen LogP contribution in [0.1, 0.15) is 26.5 Å². The summed E-state index contributed by atoms with van der Waals surface area (Å²) in [7, 11) is 0. The van der Waals surface area contributed by atoms with Gasteiger partial charge in [0.25, 0.3) is 0 Å². The van der Waals surface area contributed by atoms with Crippen LogP contribution >= 0.6 is 15.9 Å². The van der Waals surface area contributed by atoms with E-state index in [4.69, 9.17) is 9.47 Å². The zero-order valence-electron chi connectivity index (χ0n) is 12.4. The van der Waals surface area contributed by atoms with Crippen LogP contribution in [0.3, 0.4) is 0 Å². The number of pyridine rings is 1. The topological polar surface area (TPSA) is 60.5 Å². The molecule has 3 rings (SSSR count). The molecule has 1 aliphatic heterocycles. The maximum atomic E-state index is 12.2. The molecule has 2 aliphatic rings. The first-order valence-electron chi connectivity index (χ1n) is 7.04. The van der Waals surface area contributed by atoms with E-state index in [1.54, 1.807) is 6.20 Å². The molecule has 0 unspecified atom stereocenters. The van der Waals surface area contributed by atoms with E-state index in [1.807, 2.05) is 32.9 Å². The number of nitrogens with one attached hydrogen (secondary N) is 1. The first kappa shape index (κ1) is 14.8. The molecule has 1 amide bonds. The number of hydrogen-bond acceptors (Lipinski definition) is 4. The lowest BCUT2D eigenvalue weighted by Crippen LogP contribution is -2.43. The molecule has 1 saturated carbocycles. The van der Waals surface area contributed by atoms with Crippen LogP contribution in [0.15, 0.2) is 22.8 Å². The lowest BCUT2D eigenvalue weighted by atomic mass is 10.1. The third-order valence-corrected chi connectivity index (χ3v) is 4.47. The quantitative estimate of drug-likeness (QED) is 0.886. The number of amides is 1. The molecule has 1 saturated heterocycles. The van der Waals surface area contributed by atoms with Crippen LogP contribution in [0.25, 0.3) is 0 Å². The minimum atomic E-state index is -0.515. The second-order valence-electron chi connectivity index (χ2n) is 6.61. The average Bonchev–Trinajstić information content (AvgIpc) is 2.76. The highest BCUT2D eigenvalue weighted by molar-refractivity contribution is 9.10. The van der Waals surface area contributed by atoms with E-state index in [0.717, 1.165) is 10.2 Å². The van der Waals surface area contributed by atoms with E-state index in [2.05, 4.69) is 26.2 Å². The van der Waals surface area contributed by atoms with Crippen molar-refractivity contribution in [3.05, 3.63) is 28.5 Å². The fourth-order valence-corrected chi connectivity index (χ4v) is 3.31. The Bertz CT molecular complexity index is 543. The molecule has 0 aromatic carbocycles. The van der Waals surface area contributed by atoms with E-state index in [0.29, 0.717) is 13.2 Å². The largest absolute Gasteiger partial charge is 0.444 e. The highest BCUT2D eigenvalue weighted by Gasteiger charge is 2.70. The Morgan fingerprint density at radius 3 is 2.62 bits per heavy atom. The normalized spacial score (nSPS) is 30.7. The molecule has 5 nitrogen and oxygen atoms in total. The summed E-state index contributed by atoms with van der Waals surface area (Å²) in [6.45, 7) is 6.87. The zero-order valence-corrected chi connectivity index (χ0v) is 13.9. The summed E-state index contributed by atoms with van der Waals surface area (Å²) in [6, 6.07) is 3.88. The van der Waals surface area contributed by atoms with Gasteiger partial charge in [-0.2, -0.15) is 0 Å². The van der Waals surface area contributed by atoms with Crippen molar-refractivity contribution in [2.45, 2.75) is 31.9 Å². The number of carbonyl (C=O) groups is 1. The van der Waals surface area contributed by atoms with Gasteiger partial charge in [0.05, 0.1) is 24.4 Å². The second-order valence-corrected chi connectivity index (χ2v) is 7.52. The molecular formula is C15H19BrN2O3. The highest BCUT2D eigenvalue weighted by Crippen LogP contribution is 2.60. The second kappa shape index (κ2) is 4.95. The fourth-order valence-electron chi connectivity index (χ4n) is 3.08. The first-order chi connectivity index (χ1) is 9.83. The number of alkyl carbamates (subject to hydrolysis) is 1. The molecular weight excluding hydrogens is 336 g/mol. The third-order valence-electron chi connectivity index (χ3n) is 4.00. The van der Waals surface area contributed by atoms with Crippen molar-refractivity contribution in [1.29, 1.82) is 0 Å². The van der Waals surface area contributed by atoms with Gasteiger partial charge in [-0.15, -0.1) is 0 Å². The Hall–Kier alpha value is -1.14. The Morgan fingerprint density at radius 2 is 2.10 bits per heavy atom. The summed E-state index contributed by atoms with van der Waals surface area (Å²) in [5.74, 6) is 0.553. The lowest BCUT2D eigenvalue weighted by Gasteiger charge is -2.26. The van der Waals surface area contributed by atoms with Crippen LogP contribution < -0.4 is 5.32 Å². The van der Waals surface area contributed by atoms with E-state index < -0.39 is 17.2 Å². The Balaban J connectivity index is 1.83. The number of fused-ring (bicyclic) bond motifs is 1. The van der Waals surface area contributed by atoms with Crippen LogP contribution in [-0.2, 0) is 15.0 Å². The maximum absolute atomic E-state index is 12.2. The van der Waals surface area contributed by atoms with Crippen LogP contribution in [0.4, 0.5) is 4.79 Å². The minimum absolute atomic E-state index is 0.277. The summed E-state index contributed by atoms with van der Waals surface area (Å²) in [5.41, 5.74) is -0.0879. The van der Waals surface area contributed by atoms with Crippen molar-refractivity contribution in [2.24, 2.45) is 11.8 Å². The fraction of sp³-hybridized carbons (Fsp3) is 0.600. The van der Waals surface area contributed by atoms with Gasteiger partial charge < -0.3 is 14.8 Å². The van der Waals surface area contributed by atoms with Gasteiger partial charge in [0.2, 0.25) is 0 Å². The number of rotatable bonds is 2. The predicted molar refractivity (Wildman–Crippen MR) is 80.8 cm³/mol. The van der Waals surface area contributed by atoms with Gasteiger partial charge in [0.1, 0.15) is 5.60 Å². The van der Waals surface area contributed by atoms with Gasteiger partial charge in [0.15, 0.2) is 0 Å². The zero-order chi connectivity index (χ0) is 15.3. The molecule has 1 aromatic heterocycles. The molecule has 0 spiro atoms. The molecule has 0 radical (unpaired) electrons. The first-order valence-corrected chi connectivity index (χ1v) is 7.83. The average molecular weight is 355 g/mol. The monoisotopic (exact) mass is 354 g/mol. The number of ether oxygens (including phenoxy) is 2. The van der Waals surface area contributed by atoms with Gasteiger partial charge in [0, 0.05) is 22.5 Å². The summed E-state index contributed by atoms with van der Waals surface area (Å²) in [4.78, 5) is 16.6. The molecule has 1 N–H and O–H groups in total. The van der Waals surface area contributed by atoms with Crippen LogP contribution in [-0.4, -0.2) is 29.9 Å². The molecule has 21 heavy (non-hydrogen) atoms. The van der Waals surface area contributed by atoms with E-state index in [-0.39, 0.29) is 11.8 Å². The summed E-state index contributed by atoms with van der Waals surface area (Å²) >= 11 is 3.39. The van der Waals surface area contributed by atoms with Crippen molar-refractivity contribution < 1.29 is 14.3 Å². The molecule has 114 valence electrons.